The maximum atomic E-state index is 10.6. The van der Waals surface area contributed by atoms with Crippen LogP contribution < -0.4 is 5.32 Å². The third kappa shape index (κ3) is 4.81. The van der Waals surface area contributed by atoms with Crippen molar-refractivity contribution in [3.05, 3.63) is 35.9 Å². The molecule has 6 heteroatoms. The first-order valence-corrected chi connectivity index (χ1v) is 5.87. The Morgan fingerprint density at radius 2 is 1.88 bits per heavy atom. The lowest BCUT2D eigenvalue weighted by molar-refractivity contribution is 0.129. The van der Waals surface area contributed by atoms with Crippen LogP contribution in [0.1, 0.15) is 5.56 Å². The second-order valence-electron chi connectivity index (χ2n) is 3.57. The topological polar surface area (TPSA) is 69.6 Å². The van der Waals surface area contributed by atoms with E-state index in [4.69, 9.17) is 28.3 Å². The van der Waals surface area contributed by atoms with Crippen molar-refractivity contribution in [2.24, 2.45) is 0 Å². The fourth-order valence-electron chi connectivity index (χ4n) is 1.46. The molecule has 0 aliphatic rings. The van der Waals surface area contributed by atoms with Crippen LogP contribution >= 0.6 is 23.2 Å². The highest BCUT2D eigenvalue weighted by molar-refractivity contribution is 6.44. The lowest BCUT2D eigenvalue weighted by Crippen LogP contribution is -2.46. The summed E-state index contributed by atoms with van der Waals surface area (Å²) in [7, 11) is 0. The van der Waals surface area contributed by atoms with Crippen molar-refractivity contribution in [1.29, 1.82) is 0 Å². The SMILES string of the molecule is O=C(O)NC(Cc1ccccc1)[C@H](O)C(Cl)Cl. The highest BCUT2D eigenvalue weighted by Gasteiger charge is 2.26. The molecule has 17 heavy (non-hydrogen) atoms. The Kier molecular flexibility index (Phi) is 5.55. The molecule has 3 N–H and O–H groups in total. The second-order valence-corrected chi connectivity index (χ2v) is 4.73. The average Bonchev–Trinajstić information content (AvgIpc) is 2.28. The fourth-order valence-corrected chi connectivity index (χ4v) is 1.81. The van der Waals surface area contributed by atoms with E-state index in [9.17, 15) is 9.90 Å². The maximum Gasteiger partial charge on any atom is 0.404 e. The van der Waals surface area contributed by atoms with Crippen molar-refractivity contribution < 1.29 is 15.0 Å². The Morgan fingerprint density at radius 1 is 1.29 bits per heavy atom. The van der Waals surface area contributed by atoms with Gasteiger partial charge in [-0.2, -0.15) is 0 Å². The lowest BCUT2D eigenvalue weighted by atomic mass is 10.0. The third-order valence-electron chi connectivity index (χ3n) is 2.28. The van der Waals surface area contributed by atoms with E-state index >= 15 is 0 Å². The number of hydrogen-bond acceptors (Lipinski definition) is 2. The summed E-state index contributed by atoms with van der Waals surface area (Å²) >= 11 is 11.1. The van der Waals surface area contributed by atoms with Crippen LogP contribution in [-0.4, -0.2) is 33.3 Å². The predicted octanol–water partition coefficient (Wildman–Crippen LogP) is 2.03. The number of benzene rings is 1. The Morgan fingerprint density at radius 3 is 2.35 bits per heavy atom. The number of carbonyl (C=O) groups is 1. The molecule has 1 amide bonds. The minimum absolute atomic E-state index is 0.324. The lowest BCUT2D eigenvalue weighted by Gasteiger charge is -2.23. The van der Waals surface area contributed by atoms with Gasteiger partial charge in [0.25, 0.3) is 0 Å². The zero-order valence-corrected chi connectivity index (χ0v) is 10.4. The molecule has 0 aliphatic carbocycles. The molecule has 0 saturated carbocycles. The molecule has 1 rings (SSSR count). The van der Waals surface area contributed by atoms with Crippen LogP contribution in [0.3, 0.4) is 0 Å². The molecule has 0 heterocycles. The first-order chi connectivity index (χ1) is 8.00. The highest BCUT2D eigenvalue weighted by atomic mass is 35.5. The molecule has 0 aliphatic heterocycles. The van der Waals surface area contributed by atoms with E-state index in [-0.39, 0.29) is 0 Å². The summed E-state index contributed by atoms with van der Waals surface area (Å²) in [4.78, 5) is 9.57. The largest absolute Gasteiger partial charge is 0.465 e. The number of carboxylic acid groups (broad SMARTS) is 1. The molecule has 1 aromatic carbocycles. The number of nitrogens with one attached hydrogen (secondary N) is 1. The van der Waals surface area contributed by atoms with E-state index in [0.717, 1.165) is 5.56 Å². The molecule has 0 bridgehead atoms. The van der Waals surface area contributed by atoms with E-state index in [2.05, 4.69) is 5.32 Å². The van der Waals surface area contributed by atoms with E-state index in [1.807, 2.05) is 30.3 Å². The molecule has 0 spiro atoms. The Hall–Kier alpha value is -0.970. The van der Waals surface area contributed by atoms with E-state index < -0.39 is 23.1 Å². The number of amides is 1. The molecular formula is C11H13Cl2NO3. The molecule has 94 valence electrons. The van der Waals surface area contributed by atoms with Gasteiger partial charge >= 0.3 is 6.09 Å². The molecule has 0 aromatic heterocycles. The van der Waals surface area contributed by atoms with Gasteiger partial charge in [0.2, 0.25) is 0 Å². The van der Waals surface area contributed by atoms with Crippen LogP contribution in [0.2, 0.25) is 0 Å². The standard InChI is InChI=1S/C11H13Cl2NO3/c12-10(13)9(15)8(14-11(16)17)6-7-4-2-1-3-5-7/h1-5,8-10,14-15H,6H2,(H,16,17)/t8?,9-/m0/s1. The number of hydrogen-bond donors (Lipinski definition) is 3. The monoisotopic (exact) mass is 277 g/mol. The predicted molar refractivity (Wildman–Crippen MR) is 66.6 cm³/mol. The Bertz CT molecular complexity index is 359. The normalized spacial score (nSPS) is 14.4. The van der Waals surface area contributed by atoms with Crippen LogP contribution in [0, 0.1) is 0 Å². The van der Waals surface area contributed by atoms with Gasteiger partial charge < -0.3 is 15.5 Å². The number of alkyl halides is 2. The minimum atomic E-state index is -1.22. The van der Waals surface area contributed by atoms with Crippen molar-refractivity contribution >= 4 is 29.3 Å². The van der Waals surface area contributed by atoms with Crippen molar-refractivity contribution in [2.45, 2.75) is 23.4 Å². The van der Waals surface area contributed by atoms with Gasteiger partial charge in [0.15, 0.2) is 0 Å². The average molecular weight is 278 g/mol. The van der Waals surface area contributed by atoms with Crippen molar-refractivity contribution in [1.82, 2.24) is 5.32 Å². The number of halogens is 2. The molecule has 1 unspecified atom stereocenters. The zero-order valence-electron chi connectivity index (χ0n) is 8.88. The number of aliphatic hydroxyl groups is 1. The summed E-state index contributed by atoms with van der Waals surface area (Å²) in [5.41, 5.74) is 0.888. The summed E-state index contributed by atoms with van der Waals surface area (Å²) in [6, 6.07) is 8.44. The Balaban J connectivity index is 2.73. The fraction of sp³-hybridized carbons (Fsp3) is 0.364. The van der Waals surface area contributed by atoms with E-state index in [1.165, 1.54) is 0 Å². The van der Waals surface area contributed by atoms with Gasteiger partial charge in [-0.3, -0.25) is 0 Å². The van der Waals surface area contributed by atoms with Crippen LogP contribution in [0.4, 0.5) is 4.79 Å². The second kappa shape index (κ2) is 6.69. The maximum absolute atomic E-state index is 10.6. The van der Waals surface area contributed by atoms with Crippen molar-refractivity contribution in [3.63, 3.8) is 0 Å². The summed E-state index contributed by atoms with van der Waals surface area (Å²) < 4.78 is 0. The van der Waals surface area contributed by atoms with Gasteiger partial charge in [-0.25, -0.2) is 4.79 Å². The summed E-state index contributed by atoms with van der Waals surface area (Å²) in [6.07, 6.45) is -2.06. The van der Waals surface area contributed by atoms with Crippen LogP contribution in [0.15, 0.2) is 30.3 Å². The molecule has 0 saturated heterocycles. The highest BCUT2D eigenvalue weighted by Crippen LogP contribution is 2.15. The van der Waals surface area contributed by atoms with Crippen molar-refractivity contribution in [2.75, 3.05) is 0 Å². The van der Waals surface area contributed by atoms with E-state index in [1.54, 1.807) is 0 Å². The zero-order chi connectivity index (χ0) is 12.8. The minimum Gasteiger partial charge on any atom is -0.465 e. The van der Waals surface area contributed by atoms with Crippen LogP contribution in [0.25, 0.3) is 0 Å². The molecule has 2 atom stereocenters. The van der Waals surface area contributed by atoms with Gasteiger partial charge in [-0.05, 0) is 12.0 Å². The van der Waals surface area contributed by atoms with E-state index in [0.29, 0.717) is 6.42 Å². The summed E-state index contributed by atoms with van der Waals surface area (Å²) in [5.74, 6) is 0. The first-order valence-electron chi connectivity index (χ1n) is 5.00. The van der Waals surface area contributed by atoms with Crippen molar-refractivity contribution in [3.8, 4) is 0 Å². The number of rotatable bonds is 5. The smallest absolute Gasteiger partial charge is 0.404 e. The molecule has 1 aromatic rings. The first kappa shape index (κ1) is 14.1. The number of aliphatic hydroxyl groups excluding tert-OH is 1. The summed E-state index contributed by atoms with van der Waals surface area (Å²) in [5, 5.41) is 20.6. The molecule has 0 radical (unpaired) electrons. The van der Waals surface area contributed by atoms with Crippen LogP contribution in [-0.2, 0) is 6.42 Å². The van der Waals surface area contributed by atoms with Gasteiger partial charge in [0.1, 0.15) is 10.9 Å². The Labute approximate surface area is 109 Å². The summed E-state index contributed by atoms with van der Waals surface area (Å²) in [6.45, 7) is 0. The third-order valence-corrected chi connectivity index (χ3v) is 2.79. The molecule has 0 fully saturated rings. The molecule has 4 nitrogen and oxygen atoms in total. The van der Waals surface area contributed by atoms with Crippen LogP contribution in [0.5, 0.6) is 0 Å². The molecular weight excluding hydrogens is 265 g/mol. The van der Waals surface area contributed by atoms with Gasteiger partial charge in [-0.15, -0.1) is 23.2 Å². The van der Waals surface area contributed by atoms with Gasteiger partial charge in [-0.1, -0.05) is 30.3 Å². The van der Waals surface area contributed by atoms with Gasteiger partial charge in [0.05, 0.1) is 6.04 Å². The van der Waals surface area contributed by atoms with Gasteiger partial charge in [0, 0.05) is 0 Å². The quantitative estimate of drug-likeness (QED) is 0.722.